The molecule has 0 atom stereocenters. The van der Waals surface area contributed by atoms with Gasteiger partial charge in [-0.25, -0.2) is 0 Å². The van der Waals surface area contributed by atoms with Crippen molar-refractivity contribution in [3.8, 4) is 0 Å². The van der Waals surface area contributed by atoms with Gasteiger partial charge in [0.05, 0.1) is 5.69 Å². The van der Waals surface area contributed by atoms with Crippen LogP contribution in [0.15, 0.2) is 23.3 Å². The van der Waals surface area contributed by atoms with Crippen LogP contribution in [0.1, 0.15) is 20.3 Å². The van der Waals surface area contributed by atoms with E-state index in [2.05, 4.69) is 10.5 Å². The van der Waals surface area contributed by atoms with Crippen LogP contribution >= 0.6 is 0 Å². The first-order valence-electron chi connectivity index (χ1n) is 5.65. The molecular formula is C11H16N4O4-2. The second-order valence-electron chi connectivity index (χ2n) is 4.30. The summed E-state index contributed by atoms with van der Waals surface area (Å²) in [5, 5.41) is 42.3. The Hall–Kier alpha value is -1.87. The van der Waals surface area contributed by atoms with E-state index in [4.69, 9.17) is 10.4 Å². The van der Waals surface area contributed by atoms with Gasteiger partial charge in [-0.1, -0.05) is 13.8 Å². The number of hydrazone groups is 1. The van der Waals surface area contributed by atoms with Crippen LogP contribution in [0.3, 0.4) is 0 Å². The third-order valence-corrected chi connectivity index (χ3v) is 2.26. The van der Waals surface area contributed by atoms with Crippen molar-refractivity contribution in [2.75, 3.05) is 15.9 Å². The smallest absolute Gasteiger partial charge is 0.121 e. The number of nitrogens with zero attached hydrogens (tertiary/aromatic N) is 3. The Bertz CT molecular complexity index is 435. The Morgan fingerprint density at radius 2 is 2.05 bits per heavy atom. The highest BCUT2D eigenvalue weighted by Gasteiger charge is 2.07. The number of benzene rings is 1. The van der Waals surface area contributed by atoms with E-state index in [1.165, 1.54) is 12.1 Å². The summed E-state index contributed by atoms with van der Waals surface area (Å²) in [6, 6.07) is 3.62. The fraction of sp³-hybridized carbons (Fsp3) is 0.364. The molecule has 3 N–H and O–H groups in total. The van der Waals surface area contributed by atoms with Gasteiger partial charge in [-0.2, -0.15) is 5.10 Å². The molecule has 0 saturated heterocycles. The molecule has 0 aliphatic heterocycles. The average Bonchev–Trinajstić information content (AvgIpc) is 2.34. The van der Waals surface area contributed by atoms with Crippen molar-refractivity contribution in [1.29, 1.82) is 0 Å². The Morgan fingerprint density at radius 3 is 2.58 bits per heavy atom. The molecule has 0 saturated carbocycles. The molecule has 0 aliphatic rings. The summed E-state index contributed by atoms with van der Waals surface area (Å²) in [5.41, 5.74) is 2.44. The van der Waals surface area contributed by atoms with Crippen molar-refractivity contribution in [3.05, 3.63) is 28.6 Å². The van der Waals surface area contributed by atoms with Gasteiger partial charge in [0.2, 0.25) is 0 Å². The van der Waals surface area contributed by atoms with Gasteiger partial charge in [-0.15, -0.1) is 5.23 Å². The molecule has 0 fully saturated rings. The highest BCUT2D eigenvalue weighted by molar-refractivity contribution is 5.74. The lowest BCUT2D eigenvalue weighted by Crippen LogP contribution is -2.14. The maximum Gasteiger partial charge on any atom is 0.121 e. The first-order chi connectivity index (χ1) is 8.91. The zero-order chi connectivity index (χ0) is 14.4. The van der Waals surface area contributed by atoms with Crippen LogP contribution in [0.2, 0.25) is 0 Å². The average molecular weight is 268 g/mol. The molecule has 0 amide bonds. The molecule has 0 radical (unpaired) electrons. The molecule has 1 aromatic carbocycles. The van der Waals surface area contributed by atoms with Gasteiger partial charge in [0.1, 0.15) is 5.69 Å². The normalized spacial score (nSPS) is 11.1. The van der Waals surface area contributed by atoms with E-state index in [9.17, 15) is 10.4 Å². The first-order valence-corrected chi connectivity index (χ1v) is 5.65. The quantitative estimate of drug-likeness (QED) is 0.535. The predicted octanol–water partition coefficient (Wildman–Crippen LogP) is 2.52. The van der Waals surface area contributed by atoms with Gasteiger partial charge in [0.15, 0.2) is 0 Å². The van der Waals surface area contributed by atoms with Crippen molar-refractivity contribution < 1.29 is 10.4 Å². The second kappa shape index (κ2) is 6.90. The summed E-state index contributed by atoms with van der Waals surface area (Å²) < 4.78 is 0. The molecule has 1 aromatic rings. The topological polar surface area (TPSA) is 117 Å². The number of rotatable bonds is 6. The summed E-state index contributed by atoms with van der Waals surface area (Å²) in [5.74, 6) is 0.453. The van der Waals surface area contributed by atoms with Crippen molar-refractivity contribution >= 4 is 23.3 Å². The lowest BCUT2D eigenvalue weighted by atomic mass is 10.2. The third-order valence-electron chi connectivity index (χ3n) is 2.26. The summed E-state index contributed by atoms with van der Waals surface area (Å²) in [6.45, 7) is 4.07. The molecule has 0 bridgehead atoms. The Balaban J connectivity index is 2.85. The summed E-state index contributed by atoms with van der Waals surface area (Å²) >= 11 is 0. The van der Waals surface area contributed by atoms with Gasteiger partial charge in [-0.05, 0) is 30.5 Å². The zero-order valence-electron chi connectivity index (χ0n) is 10.6. The summed E-state index contributed by atoms with van der Waals surface area (Å²) in [4.78, 5) is 0. The summed E-state index contributed by atoms with van der Waals surface area (Å²) in [7, 11) is 0. The number of hydrogen-bond acceptors (Lipinski definition) is 8. The van der Waals surface area contributed by atoms with Gasteiger partial charge in [-0.3, -0.25) is 15.8 Å². The van der Waals surface area contributed by atoms with E-state index in [0.29, 0.717) is 5.92 Å². The second-order valence-corrected chi connectivity index (χ2v) is 4.30. The minimum atomic E-state index is -0.626. The molecule has 0 unspecified atom stereocenters. The SMILES string of the molecule is CC(C)CC=NNc1ccc(N([O-])[O-])cc1N(O)O. The molecule has 0 heterocycles. The molecule has 0 aromatic heterocycles. The first kappa shape index (κ1) is 15.2. The molecule has 1 rings (SSSR count). The van der Waals surface area contributed by atoms with E-state index in [1.807, 2.05) is 13.8 Å². The Labute approximate surface area is 110 Å². The highest BCUT2D eigenvalue weighted by Crippen LogP contribution is 2.29. The van der Waals surface area contributed by atoms with Crippen LogP contribution < -0.4 is 15.9 Å². The standard InChI is InChI=1S/C11H16N4O4/c1-8(2)5-6-12-13-10-4-3-9(14(16)17)7-11(10)15(18)19/h3-4,6-8,13,18-19H,5H2,1-2H3/q-2. The highest BCUT2D eigenvalue weighted by atomic mass is 16.8. The molecule has 0 aliphatic carbocycles. The maximum absolute atomic E-state index is 10.6. The lowest BCUT2D eigenvalue weighted by Gasteiger charge is -2.37. The third kappa shape index (κ3) is 4.72. The van der Waals surface area contributed by atoms with Crippen molar-refractivity contribution in [2.45, 2.75) is 20.3 Å². The Morgan fingerprint density at radius 1 is 1.37 bits per heavy atom. The molecule has 106 valence electrons. The minimum Gasteiger partial charge on any atom is -0.769 e. The van der Waals surface area contributed by atoms with E-state index in [-0.39, 0.29) is 22.3 Å². The lowest BCUT2D eigenvalue weighted by molar-refractivity contribution is 0.0295. The molecule has 8 nitrogen and oxygen atoms in total. The van der Waals surface area contributed by atoms with Gasteiger partial charge in [0, 0.05) is 11.9 Å². The molecular weight excluding hydrogens is 252 g/mol. The van der Waals surface area contributed by atoms with Crippen LogP contribution in [0, 0.1) is 16.3 Å². The predicted molar refractivity (Wildman–Crippen MR) is 73.3 cm³/mol. The number of nitrogens with one attached hydrogen (secondary N) is 1. The monoisotopic (exact) mass is 268 g/mol. The van der Waals surface area contributed by atoms with E-state index in [1.54, 1.807) is 6.21 Å². The zero-order valence-corrected chi connectivity index (χ0v) is 10.6. The van der Waals surface area contributed by atoms with E-state index < -0.39 is 5.23 Å². The van der Waals surface area contributed by atoms with Gasteiger partial charge in [0.25, 0.3) is 0 Å². The van der Waals surface area contributed by atoms with Crippen LogP contribution in [0.4, 0.5) is 17.1 Å². The Kier molecular flexibility index (Phi) is 5.52. The van der Waals surface area contributed by atoms with Crippen LogP contribution in [0.25, 0.3) is 0 Å². The fourth-order valence-electron chi connectivity index (χ4n) is 1.27. The van der Waals surface area contributed by atoms with Crippen molar-refractivity contribution in [1.82, 2.24) is 0 Å². The van der Waals surface area contributed by atoms with Crippen molar-refractivity contribution in [3.63, 3.8) is 0 Å². The van der Waals surface area contributed by atoms with Gasteiger partial charge < -0.3 is 15.6 Å². The van der Waals surface area contributed by atoms with Crippen LogP contribution in [-0.2, 0) is 0 Å². The van der Waals surface area contributed by atoms with Crippen molar-refractivity contribution in [2.24, 2.45) is 11.0 Å². The van der Waals surface area contributed by atoms with Gasteiger partial charge >= 0.3 is 0 Å². The number of anilines is 3. The van der Waals surface area contributed by atoms with E-state index in [0.717, 1.165) is 12.5 Å². The van der Waals surface area contributed by atoms with E-state index >= 15 is 0 Å². The number of hydrogen-bond donors (Lipinski definition) is 3. The molecule has 19 heavy (non-hydrogen) atoms. The van der Waals surface area contributed by atoms with Crippen LogP contribution in [0.5, 0.6) is 0 Å². The maximum atomic E-state index is 10.6. The molecule has 0 spiro atoms. The van der Waals surface area contributed by atoms with Crippen LogP contribution in [-0.4, -0.2) is 16.6 Å². The summed E-state index contributed by atoms with van der Waals surface area (Å²) in [6.07, 6.45) is 2.41. The largest absolute Gasteiger partial charge is 0.769 e. The minimum absolute atomic E-state index is 0.157. The molecule has 8 heteroatoms. The fourth-order valence-corrected chi connectivity index (χ4v) is 1.27.